The van der Waals surface area contributed by atoms with Crippen molar-refractivity contribution in [1.29, 1.82) is 0 Å². The molecule has 0 aliphatic carbocycles. The average Bonchev–Trinajstić information content (AvgIpc) is 2.91. The van der Waals surface area contributed by atoms with Crippen LogP contribution in [-0.2, 0) is 16.6 Å². The van der Waals surface area contributed by atoms with E-state index in [1.165, 1.54) is 15.6 Å². The van der Waals surface area contributed by atoms with E-state index in [2.05, 4.69) is 5.32 Å². The molecular weight excluding hydrogens is 304 g/mol. The Hall–Kier alpha value is -1.37. The monoisotopic (exact) mass is 324 g/mol. The average molecular weight is 324 g/mol. The second-order valence-corrected chi connectivity index (χ2v) is 7.64. The molecule has 1 aromatic carbocycles. The summed E-state index contributed by atoms with van der Waals surface area (Å²) < 4.78 is 27.0. The quantitative estimate of drug-likeness (QED) is 0.888. The zero-order valence-electron chi connectivity index (χ0n) is 12.5. The molecule has 1 heterocycles. The summed E-state index contributed by atoms with van der Waals surface area (Å²) in [5, 5.41) is 4.74. The van der Waals surface area contributed by atoms with Gasteiger partial charge in [-0.1, -0.05) is 17.7 Å². The maximum atomic E-state index is 12.8. The Kier molecular flexibility index (Phi) is 5.03. The zero-order valence-corrected chi connectivity index (χ0v) is 14.1. The molecule has 114 valence electrons. The normalized spacial score (nSPS) is 11.6. The predicted molar refractivity (Wildman–Crippen MR) is 88.5 cm³/mol. The van der Waals surface area contributed by atoms with Crippen molar-refractivity contribution in [2.45, 2.75) is 25.3 Å². The highest BCUT2D eigenvalue weighted by Gasteiger charge is 2.24. The van der Waals surface area contributed by atoms with Crippen molar-refractivity contribution in [2.24, 2.45) is 0 Å². The Morgan fingerprint density at radius 2 is 1.90 bits per heavy atom. The van der Waals surface area contributed by atoms with Gasteiger partial charge in [0.05, 0.1) is 10.6 Å². The van der Waals surface area contributed by atoms with E-state index in [-0.39, 0.29) is 0 Å². The summed E-state index contributed by atoms with van der Waals surface area (Å²) in [5.41, 5.74) is 1.81. The van der Waals surface area contributed by atoms with Crippen molar-refractivity contribution in [1.82, 2.24) is 5.32 Å². The number of sulfonamides is 1. The van der Waals surface area contributed by atoms with E-state index < -0.39 is 10.0 Å². The lowest BCUT2D eigenvalue weighted by molar-refractivity contribution is 0.592. The van der Waals surface area contributed by atoms with Crippen LogP contribution in [0.4, 0.5) is 5.69 Å². The number of thiophene rings is 1. The van der Waals surface area contributed by atoms with Crippen molar-refractivity contribution in [2.75, 3.05) is 17.9 Å². The van der Waals surface area contributed by atoms with Crippen LogP contribution in [0.2, 0.25) is 0 Å². The Morgan fingerprint density at radius 3 is 2.48 bits per heavy atom. The molecule has 4 nitrogen and oxygen atoms in total. The number of benzene rings is 1. The van der Waals surface area contributed by atoms with Crippen molar-refractivity contribution in [3.05, 3.63) is 46.2 Å². The van der Waals surface area contributed by atoms with Crippen LogP contribution in [0.3, 0.4) is 0 Å². The lowest BCUT2D eigenvalue weighted by atomic mass is 10.2. The molecular formula is C15H20N2O2S2. The van der Waals surface area contributed by atoms with Crippen molar-refractivity contribution >= 4 is 27.0 Å². The molecule has 2 rings (SSSR count). The van der Waals surface area contributed by atoms with Crippen LogP contribution in [0.25, 0.3) is 0 Å². The van der Waals surface area contributed by atoms with Gasteiger partial charge in [0.2, 0.25) is 0 Å². The molecule has 1 N–H and O–H groups in total. The Balaban J connectivity index is 2.36. The fourth-order valence-electron chi connectivity index (χ4n) is 2.09. The first-order valence-electron chi connectivity index (χ1n) is 6.80. The van der Waals surface area contributed by atoms with Crippen LogP contribution >= 0.6 is 11.3 Å². The highest BCUT2D eigenvalue weighted by atomic mass is 32.2. The first kappa shape index (κ1) is 16.0. The largest absolute Gasteiger partial charge is 0.315 e. The zero-order chi connectivity index (χ0) is 15.5. The molecule has 0 atom stereocenters. The second-order valence-electron chi connectivity index (χ2n) is 4.78. The van der Waals surface area contributed by atoms with Gasteiger partial charge in [0.25, 0.3) is 10.0 Å². The number of anilines is 1. The third-order valence-electron chi connectivity index (χ3n) is 3.18. The number of rotatable bonds is 6. The van der Waals surface area contributed by atoms with Gasteiger partial charge in [0, 0.05) is 23.3 Å². The lowest BCUT2D eigenvalue weighted by Gasteiger charge is -2.22. The molecule has 21 heavy (non-hydrogen) atoms. The fourth-order valence-corrected chi connectivity index (χ4v) is 4.84. The maximum Gasteiger partial charge on any atom is 0.265 e. The molecule has 1 aromatic heterocycles. The third kappa shape index (κ3) is 3.45. The number of aryl methyl sites for hydroxylation is 1. The molecule has 0 spiro atoms. The van der Waals surface area contributed by atoms with Gasteiger partial charge in [-0.15, -0.1) is 11.3 Å². The van der Waals surface area contributed by atoms with Gasteiger partial charge in [-0.2, -0.15) is 0 Å². The van der Waals surface area contributed by atoms with Crippen LogP contribution < -0.4 is 9.62 Å². The minimum Gasteiger partial charge on any atom is -0.315 e. The van der Waals surface area contributed by atoms with E-state index in [0.29, 0.717) is 23.7 Å². The molecule has 0 saturated carbocycles. The maximum absolute atomic E-state index is 12.8. The second kappa shape index (κ2) is 6.60. The first-order chi connectivity index (χ1) is 9.98. The smallest absolute Gasteiger partial charge is 0.265 e. The van der Waals surface area contributed by atoms with Gasteiger partial charge < -0.3 is 5.32 Å². The molecule has 0 amide bonds. The fraction of sp³-hybridized carbons (Fsp3) is 0.333. The number of hydrogen-bond acceptors (Lipinski definition) is 4. The topological polar surface area (TPSA) is 49.4 Å². The van der Waals surface area contributed by atoms with Crippen LogP contribution in [0, 0.1) is 6.92 Å². The summed E-state index contributed by atoms with van der Waals surface area (Å²) in [7, 11) is -1.65. The first-order valence-corrected chi connectivity index (χ1v) is 9.12. The molecule has 0 unspecified atom stereocenters. The third-order valence-corrected chi connectivity index (χ3v) is 6.14. The predicted octanol–water partition coefficient (Wildman–Crippen LogP) is 2.99. The SMILES string of the molecule is CCN(c1ccc(C)cc1)S(=O)(=O)c1csc(CNC)c1. The summed E-state index contributed by atoms with van der Waals surface area (Å²) in [6, 6.07) is 9.28. The summed E-state index contributed by atoms with van der Waals surface area (Å²) in [6.07, 6.45) is 0. The number of nitrogens with one attached hydrogen (secondary N) is 1. The van der Waals surface area contributed by atoms with E-state index in [4.69, 9.17) is 0 Å². The minimum absolute atomic E-state index is 0.361. The minimum atomic E-state index is -3.50. The van der Waals surface area contributed by atoms with Crippen LogP contribution in [-0.4, -0.2) is 22.0 Å². The van der Waals surface area contributed by atoms with Crippen molar-refractivity contribution in [3.8, 4) is 0 Å². The van der Waals surface area contributed by atoms with Gasteiger partial charge in [-0.25, -0.2) is 8.42 Å². The standard InChI is InChI=1S/C15H20N2O2S2/c1-4-17(13-7-5-12(2)6-8-13)21(18,19)15-9-14(10-16-3)20-11-15/h5-9,11,16H,4,10H2,1-3H3. The summed E-state index contributed by atoms with van der Waals surface area (Å²) >= 11 is 1.46. The molecule has 2 aromatic rings. The molecule has 0 aliphatic heterocycles. The van der Waals surface area contributed by atoms with Crippen molar-refractivity contribution < 1.29 is 8.42 Å². The Morgan fingerprint density at radius 1 is 1.24 bits per heavy atom. The van der Waals surface area contributed by atoms with Crippen LogP contribution in [0.5, 0.6) is 0 Å². The molecule has 6 heteroatoms. The van der Waals surface area contributed by atoms with Gasteiger partial charge >= 0.3 is 0 Å². The molecule has 0 bridgehead atoms. The van der Waals surface area contributed by atoms with Gasteiger partial charge in [0.15, 0.2) is 0 Å². The van der Waals surface area contributed by atoms with Crippen molar-refractivity contribution in [3.63, 3.8) is 0 Å². The van der Waals surface area contributed by atoms with E-state index in [0.717, 1.165) is 10.4 Å². The van der Waals surface area contributed by atoms with E-state index in [1.54, 1.807) is 11.4 Å². The van der Waals surface area contributed by atoms with E-state index in [1.807, 2.05) is 45.2 Å². The van der Waals surface area contributed by atoms with Crippen LogP contribution in [0.1, 0.15) is 17.4 Å². The van der Waals surface area contributed by atoms with Gasteiger partial charge in [0.1, 0.15) is 0 Å². The summed E-state index contributed by atoms with van der Waals surface area (Å²) in [4.78, 5) is 1.37. The molecule has 0 radical (unpaired) electrons. The number of nitrogens with zero attached hydrogens (tertiary/aromatic N) is 1. The molecule has 0 fully saturated rings. The van der Waals surface area contributed by atoms with Gasteiger partial charge in [-0.3, -0.25) is 4.31 Å². The summed E-state index contributed by atoms with van der Waals surface area (Å²) in [6.45, 7) is 4.91. The highest BCUT2D eigenvalue weighted by molar-refractivity contribution is 7.93. The van der Waals surface area contributed by atoms with E-state index in [9.17, 15) is 8.42 Å². The lowest BCUT2D eigenvalue weighted by Crippen LogP contribution is -2.30. The van der Waals surface area contributed by atoms with E-state index >= 15 is 0 Å². The van der Waals surface area contributed by atoms with Gasteiger partial charge in [-0.05, 0) is 39.1 Å². The number of hydrogen-bond donors (Lipinski definition) is 1. The van der Waals surface area contributed by atoms with Crippen LogP contribution in [0.15, 0.2) is 40.6 Å². The highest BCUT2D eigenvalue weighted by Crippen LogP contribution is 2.27. The molecule has 0 saturated heterocycles. The summed E-state index contributed by atoms with van der Waals surface area (Å²) in [5.74, 6) is 0. The molecule has 0 aliphatic rings. The Bertz CT molecular complexity index is 691. The Labute approximate surface area is 130 Å².